The van der Waals surface area contributed by atoms with E-state index in [-0.39, 0.29) is 0 Å². The van der Waals surface area contributed by atoms with Gasteiger partial charge in [0.15, 0.2) is 0 Å². The van der Waals surface area contributed by atoms with Gasteiger partial charge in [-0.3, -0.25) is 0 Å². The van der Waals surface area contributed by atoms with Crippen LogP contribution in [0.4, 0.5) is 0 Å². The van der Waals surface area contributed by atoms with Crippen LogP contribution in [0, 0.1) is 17.3 Å². The van der Waals surface area contributed by atoms with E-state index in [1.807, 2.05) is 0 Å². The van der Waals surface area contributed by atoms with E-state index in [9.17, 15) is 0 Å². The molecule has 3 atom stereocenters. The van der Waals surface area contributed by atoms with Gasteiger partial charge < -0.3 is 0 Å². The molecule has 0 aromatic heterocycles. The van der Waals surface area contributed by atoms with Crippen molar-refractivity contribution in [3.8, 4) is 0 Å². The minimum absolute atomic E-state index is 0.567. The lowest BCUT2D eigenvalue weighted by Gasteiger charge is -2.10. The van der Waals surface area contributed by atoms with Gasteiger partial charge in [0, 0.05) is 0 Å². The number of hydrogen-bond donors (Lipinski definition) is 0. The lowest BCUT2D eigenvalue weighted by atomic mass is 9.95. The smallest absolute Gasteiger partial charge is 0.0140 e. The SMILES string of the molecule is CC(C)=CCC[C@@]1(C)[C@@H]2CC/C(C)=C/CC/C(C)=C/[C@@H]21. The Morgan fingerprint density at radius 1 is 1.25 bits per heavy atom. The van der Waals surface area contributed by atoms with E-state index in [4.69, 9.17) is 0 Å². The third kappa shape index (κ3) is 3.65. The Morgan fingerprint density at radius 2 is 2.00 bits per heavy atom. The van der Waals surface area contributed by atoms with Gasteiger partial charge in [0.25, 0.3) is 0 Å². The molecule has 0 amide bonds. The second-order valence-corrected chi connectivity index (χ2v) is 7.60. The molecule has 0 unspecified atom stereocenters. The van der Waals surface area contributed by atoms with E-state index in [2.05, 4.69) is 52.8 Å². The standard InChI is InChI=1S/C20H32/c1-15(2)8-7-13-20(5)18-12-11-16(3)9-6-10-17(4)14-19(18)20/h8-9,14,18-19H,6-7,10-13H2,1-5H3/b16-9+,17-14+/t18-,19+,20+/m1/s1. The van der Waals surface area contributed by atoms with Crippen LogP contribution in [0.1, 0.15) is 73.1 Å². The minimum Gasteiger partial charge on any atom is -0.0859 e. The highest BCUT2D eigenvalue weighted by molar-refractivity contribution is 5.21. The van der Waals surface area contributed by atoms with E-state index >= 15 is 0 Å². The van der Waals surface area contributed by atoms with Crippen molar-refractivity contribution >= 4 is 0 Å². The van der Waals surface area contributed by atoms with E-state index in [0.717, 1.165) is 11.8 Å². The van der Waals surface area contributed by atoms with Crippen molar-refractivity contribution in [3.63, 3.8) is 0 Å². The summed E-state index contributed by atoms with van der Waals surface area (Å²) in [4.78, 5) is 0. The first-order chi connectivity index (χ1) is 9.43. The second-order valence-electron chi connectivity index (χ2n) is 7.60. The number of rotatable bonds is 3. The molecular formula is C20H32. The summed E-state index contributed by atoms with van der Waals surface area (Å²) in [6.45, 7) is 11.6. The van der Waals surface area contributed by atoms with Gasteiger partial charge in [-0.1, -0.05) is 41.9 Å². The van der Waals surface area contributed by atoms with E-state index < -0.39 is 0 Å². The molecule has 0 saturated heterocycles. The lowest BCUT2D eigenvalue weighted by molar-refractivity contribution is 0.443. The quantitative estimate of drug-likeness (QED) is 0.518. The summed E-state index contributed by atoms with van der Waals surface area (Å²) in [6.07, 6.45) is 15.3. The van der Waals surface area contributed by atoms with Gasteiger partial charge in [0.1, 0.15) is 0 Å². The fraction of sp³-hybridized carbons (Fsp3) is 0.700. The van der Waals surface area contributed by atoms with Crippen molar-refractivity contribution < 1.29 is 0 Å². The van der Waals surface area contributed by atoms with Gasteiger partial charge in [-0.2, -0.15) is 0 Å². The minimum atomic E-state index is 0.567. The van der Waals surface area contributed by atoms with Crippen LogP contribution in [0.5, 0.6) is 0 Å². The highest BCUT2D eigenvalue weighted by Crippen LogP contribution is 2.64. The summed E-state index contributed by atoms with van der Waals surface area (Å²) in [5, 5.41) is 0. The molecule has 112 valence electrons. The molecule has 0 N–H and O–H groups in total. The average Bonchev–Trinajstić information content (AvgIpc) is 2.90. The molecule has 0 heterocycles. The van der Waals surface area contributed by atoms with Crippen molar-refractivity contribution in [1.82, 2.24) is 0 Å². The summed E-state index contributed by atoms with van der Waals surface area (Å²) >= 11 is 0. The highest BCUT2D eigenvalue weighted by atomic mass is 14.6. The second kappa shape index (κ2) is 6.33. The molecule has 0 aliphatic heterocycles. The zero-order valence-electron chi connectivity index (χ0n) is 14.1. The van der Waals surface area contributed by atoms with E-state index in [1.165, 1.54) is 44.1 Å². The Labute approximate surface area is 126 Å². The van der Waals surface area contributed by atoms with Gasteiger partial charge in [-0.15, -0.1) is 0 Å². The predicted octanol–water partition coefficient (Wildman–Crippen LogP) is 6.45. The summed E-state index contributed by atoms with van der Waals surface area (Å²) in [6, 6.07) is 0. The largest absolute Gasteiger partial charge is 0.0859 e. The van der Waals surface area contributed by atoms with Crippen molar-refractivity contribution in [1.29, 1.82) is 0 Å². The summed E-state index contributed by atoms with van der Waals surface area (Å²) < 4.78 is 0. The molecule has 2 rings (SSSR count). The van der Waals surface area contributed by atoms with Gasteiger partial charge in [0.2, 0.25) is 0 Å². The first-order valence-corrected chi connectivity index (χ1v) is 8.40. The third-order valence-electron chi connectivity index (χ3n) is 5.51. The number of allylic oxidation sites excluding steroid dienone is 6. The van der Waals surface area contributed by atoms with Crippen LogP contribution in [0.15, 0.2) is 34.9 Å². The maximum Gasteiger partial charge on any atom is -0.0140 e. The monoisotopic (exact) mass is 272 g/mol. The Balaban J connectivity index is 2.06. The van der Waals surface area contributed by atoms with Crippen molar-refractivity contribution in [2.24, 2.45) is 17.3 Å². The first kappa shape index (κ1) is 15.6. The van der Waals surface area contributed by atoms with Crippen molar-refractivity contribution in [2.75, 3.05) is 0 Å². The molecule has 20 heavy (non-hydrogen) atoms. The molecule has 0 aromatic carbocycles. The molecule has 0 spiro atoms. The average molecular weight is 272 g/mol. The summed E-state index contributed by atoms with van der Waals surface area (Å²) in [5.41, 5.74) is 5.25. The molecule has 0 heteroatoms. The molecule has 1 fully saturated rings. The summed E-state index contributed by atoms with van der Waals surface area (Å²) in [7, 11) is 0. The Bertz CT molecular complexity index is 431. The van der Waals surface area contributed by atoms with Gasteiger partial charge in [-0.05, 0) is 83.5 Å². The van der Waals surface area contributed by atoms with Crippen molar-refractivity contribution in [3.05, 3.63) is 34.9 Å². The van der Waals surface area contributed by atoms with Crippen LogP contribution in [0.25, 0.3) is 0 Å². The predicted molar refractivity (Wildman–Crippen MR) is 89.7 cm³/mol. The maximum atomic E-state index is 2.61. The molecule has 0 bridgehead atoms. The van der Waals surface area contributed by atoms with Crippen LogP contribution in [0.2, 0.25) is 0 Å². The van der Waals surface area contributed by atoms with Gasteiger partial charge in [0.05, 0.1) is 0 Å². The lowest BCUT2D eigenvalue weighted by Crippen LogP contribution is -1.99. The zero-order chi connectivity index (χ0) is 14.8. The Kier molecular flexibility index (Phi) is 4.94. The Hall–Kier alpha value is -0.780. The highest BCUT2D eigenvalue weighted by Gasteiger charge is 2.57. The zero-order valence-corrected chi connectivity index (χ0v) is 14.1. The van der Waals surface area contributed by atoms with Crippen LogP contribution >= 0.6 is 0 Å². The fourth-order valence-electron chi connectivity index (χ4n) is 3.96. The number of hydrogen-bond acceptors (Lipinski definition) is 0. The van der Waals surface area contributed by atoms with Gasteiger partial charge >= 0.3 is 0 Å². The third-order valence-corrected chi connectivity index (χ3v) is 5.51. The van der Waals surface area contributed by atoms with Crippen LogP contribution < -0.4 is 0 Å². The molecule has 2 aliphatic rings. The number of fused-ring (bicyclic) bond motifs is 1. The fourth-order valence-corrected chi connectivity index (χ4v) is 3.96. The van der Waals surface area contributed by atoms with E-state index in [1.54, 1.807) is 11.1 Å². The Morgan fingerprint density at radius 3 is 2.70 bits per heavy atom. The molecule has 0 nitrogen and oxygen atoms in total. The van der Waals surface area contributed by atoms with Crippen molar-refractivity contribution in [2.45, 2.75) is 73.1 Å². The first-order valence-electron chi connectivity index (χ1n) is 8.40. The topological polar surface area (TPSA) is 0 Å². The maximum absolute atomic E-state index is 2.61. The van der Waals surface area contributed by atoms with Crippen LogP contribution in [-0.2, 0) is 0 Å². The molecule has 0 radical (unpaired) electrons. The normalized spacial score (nSPS) is 38.9. The summed E-state index contributed by atoms with van der Waals surface area (Å²) in [5.74, 6) is 1.77. The van der Waals surface area contributed by atoms with Gasteiger partial charge in [-0.25, -0.2) is 0 Å². The molecule has 0 aromatic rings. The van der Waals surface area contributed by atoms with Crippen LogP contribution in [-0.4, -0.2) is 0 Å². The molecule has 1 saturated carbocycles. The van der Waals surface area contributed by atoms with E-state index in [0.29, 0.717) is 5.41 Å². The molecule has 2 aliphatic carbocycles. The van der Waals surface area contributed by atoms with Crippen LogP contribution in [0.3, 0.4) is 0 Å². The molecular weight excluding hydrogens is 240 g/mol.